The van der Waals surface area contributed by atoms with Crippen LogP contribution in [0.2, 0.25) is 0 Å². The molecule has 0 aliphatic carbocycles. The molecule has 6 nitrogen and oxygen atoms in total. The van der Waals surface area contributed by atoms with Crippen LogP contribution in [0.4, 0.5) is 0 Å². The second-order valence-corrected chi connectivity index (χ2v) is 5.69. The third-order valence-corrected chi connectivity index (χ3v) is 4.11. The van der Waals surface area contributed by atoms with E-state index in [9.17, 15) is 9.90 Å². The summed E-state index contributed by atoms with van der Waals surface area (Å²) in [6.07, 6.45) is 0.481. The monoisotopic (exact) mass is 321 g/mol. The van der Waals surface area contributed by atoms with Gasteiger partial charge >= 0.3 is 0 Å². The molecule has 1 aromatic rings. The normalized spacial score (nSPS) is 15.0. The number of nitrogens with one attached hydrogen (secondary N) is 1. The molecule has 2 N–H and O–H groups in total. The predicted molar refractivity (Wildman–Crippen MR) is 89.4 cm³/mol. The minimum atomic E-state index is 0.0803. The molecule has 128 valence electrons. The summed E-state index contributed by atoms with van der Waals surface area (Å²) in [6.45, 7) is 5.24. The van der Waals surface area contributed by atoms with Gasteiger partial charge in [-0.25, -0.2) is 0 Å². The summed E-state index contributed by atoms with van der Waals surface area (Å²) in [5, 5.41) is 12.5. The molecule has 0 radical (unpaired) electrons. The molecule has 1 fully saturated rings. The Morgan fingerprint density at radius 1 is 1.30 bits per heavy atom. The number of para-hydroxylation sites is 1. The van der Waals surface area contributed by atoms with Crippen LogP contribution in [0.1, 0.15) is 12.0 Å². The lowest BCUT2D eigenvalue weighted by molar-refractivity contribution is -0.132. The van der Waals surface area contributed by atoms with E-state index < -0.39 is 0 Å². The molecule has 1 heterocycles. The molecule has 0 bridgehead atoms. The van der Waals surface area contributed by atoms with Gasteiger partial charge in [0.25, 0.3) is 0 Å². The van der Waals surface area contributed by atoms with E-state index >= 15 is 0 Å². The van der Waals surface area contributed by atoms with E-state index in [1.54, 1.807) is 7.11 Å². The second kappa shape index (κ2) is 9.50. The van der Waals surface area contributed by atoms with Gasteiger partial charge in [0.05, 0.1) is 13.7 Å². The Balaban J connectivity index is 1.89. The number of rotatable bonds is 8. The van der Waals surface area contributed by atoms with Crippen molar-refractivity contribution in [2.24, 2.45) is 0 Å². The molecule has 0 saturated carbocycles. The first-order valence-electron chi connectivity index (χ1n) is 8.18. The molecule has 1 saturated heterocycles. The van der Waals surface area contributed by atoms with Crippen molar-refractivity contribution in [1.82, 2.24) is 15.1 Å². The maximum atomic E-state index is 12.3. The molecule has 6 heteroatoms. The molecule has 0 spiro atoms. The number of piperazine rings is 1. The van der Waals surface area contributed by atoms with Gasteiger partial charge in [-0.05, 0) is 6.07 Å². The number of hydrogen-bond donors (Lipinski definition) is 2. The van der Waals surface area contributed by atoms with Crippen LogP contribution in [-0.2, 0) is 11.3 Å². The molecule has 0 aromatic heterocycles. The Hall–Kier alpha value is -1.63. The van der Waals surface area contributed by atoms with Crippen molar-refractivity contribution < 1.29 is 14.6 Å². The van der Waals surface area contributed by atoms with Gasteiger partial charge in [0.1, 0.15) is 5.75 Å². The second-order valence-electron chi connectivity index (χ2n) is 5.69. The predicted octanol–water partition coefficient (Wildman–Crippen LogP) is 0.311. The SMILES string of the molecule is COc1ccccc1CN(CCO)CCC(=O)N1CCNCC1. The van der Waals surface area contributed by atoms with Gasteiger partial charge in [-0.2, -0.15) is 0 Å². The van der Waals surface area contributed by atoms with Crippen molar-refractivity contribution >= 4 is 5.91 Å². The smallest absolute Gasteiger partial charge is 0.223 e. The molecule has 1 amide bonds. The first-order valence-corrected chi connectivity index (χ1v) is 8.18. The highest BCUT2D eigenvalue weighted by Gasteiger charge is 2.17. The van der Waals surface area contributed by atoms with Gasteiger partial charge < -0.3 is 20.1 Å². The van der Waals surface area contributed by atoms with Crippen LogP contribution in [0.25, 0.3) is 0 Å². The third-order valence-electron chi connectivity index (χ3n) is 4.11. The van der Waals surface area contributed by atoms with Crippen LogP contribution < -0.4 is 10.1 Å². The van der Waals surface area contributed by atoms with E-state index in [1.807, 2.05) is 29.2 Å². The summed E-state index contributed by atoms with van der Waals surface area (Å²) in [4.78, 5) is 16.3. The van der Waals surface area contributed by atoms with Crippen molar-refractivity contribution in [3.8, 4) is 5.75 Å². The summed E-state index contributed by atoms with van der Waals surface area (Å²) in [5.41, 5.74) is 1.07. The number of methoxy groups -OCH3 is 1. The molecule has 1 aliphatic heterocycles. The Kier molecular flexibility index (Phi) is 7.32. The van der Waals surface area contributed by atoms with E-state index in [0.717, 1.165) is 37.5 Å². The zero-order valence-corrected chi connectivity index (χ0v) is 13.8. The van der Waals surface area contributed by atoms with Gasteiger partial charge in [0.2, 0.25) is 5.91 Å². The van der Waals surface area contributed by atoms with Crippen LogP contribution in [0.3, 0.4) is 0 Å². The van der Waals surface area contributed by atoms with E-state index in [2.05, 4.69) is 10.2 Å². The lowest BCUT2D eigenvalue weighted by Crippen LogP contribution is -2.47. The highest BCUT2D eigenvalue weighted by molar-refractivity contribution is 5.76. The molecule has 0 atom stereocenters. The Morgan fingerprint density at radius 3 is 2.74 bits per heavy atom. The molecule has 23 heavy (non-hydrogen) atoms. The fourth-order valence-corrected chi connectivity index (χ4v) is 2.81. The summed E-state index contributed by atoms with van der Waals surface area (Å²) in [6, 6.07) is 7.85. The summed E-state index contributed by atoms with van der Waals surface area (Å²) in [7, 11) is 1.66. The fraction of sp³-hybridized carbons (Fsp3) is 0.588. The number of hydrogen-bond acceptors (Lipinski definition) is 5. The number of benzene rings is 1. The van der Waals surface area contributed by atoms with Crippen molar-refractivity contribution in [3.05, 3.63) is 29.8 Å². The van der Waals surface area contributed by atoms with Crippen molar-refractivity contribution in [2.75, 3.05) is 53.0 Å². The summed E-state index contributed by atoms with van der Waals surface area (Å²) < 4.78 is 5.37. The van der Waals surface area contributed by atoms with Crippen molar-refractivity contribution in [3.63, 3.8) is 0 Å². The van der Waals surface area contributed by atoms with Crippen LogP contribution in [-0.4, -0.2) is 73.8 Å². The summed E-state index contributed by atoms with van der Waals surface area (Å²) >= 11 is 0. The van der Waals surface area contributed by atoms with Crippen LogP contribution in [0.5, 0.6) is 5.75 Å². The number of amides is 1. The first kappa shape index (κ1) is 17.7. The largest absolute Gasteiger partial charge is 0.496 e. The Morgan fingerprint density at radius 2 is 2.04 bits per heavy atom. The maximum Gasteiger partial charge on any atom is 0.223 e. The van der Waals surface area contributed by atoms with Gasteiger partial charge in [0.15, 0.2) is 0 Å². The number of aliphatic hydroxyl groups is 1. The standard InChI is InChI=1S/C17H27N3O3/c1-23-16-5-3-2-4-15(16)14-19(12-13-21)9-6-17(22)20-10-7-18-8-11-20/h2-5,18,21H,6-14H2,1H3. The van der Waals surface area contributed by atoms with E-state index in [-0.39, 0.29) is 12.5 Å². The van der Waals surface area contributed by atoms with Crippen LogP contribution >= 0.6 is 0 Å². The highest BCUT2D eigenvalue weighted by atomic mass is 16.5. The lowest BCUT2D eigenvalue weighted by Gasteiger charge is -2.29. The van der Waals surface area contributed by atoms with Crippen LogP contribution in [0.15, 0.2) is 24.3 Å². The average molecular weight is 321 g/mol. The first-order chi connectivity index (χ1) is 11.2. The zero-order valence-electron chi connectivity index (χ0n) is 13.8. The molecule has 1 aliphatic rings. The summed E-state index contributed by atoms with van der Waals surface area (Å²) in [5.74, 6) is 1.03. The molecule has 0 unspecified atom stereocenters. The van der Waals surface area contributed by atoms with E-state index in [0.29, 0.717) is 26.1 Å². The average Bonchev–Trinajstić information content (AvgIpc) is 2.60. The van der Waals surface area contributed by atoms with Gasteiger partial charge in [-0.15, -0.1) is 0 Å². The van der Waals surface area contributed by atoms with Crippen molar-refractivity contribution in [1.29, 1.82) is 0 Å². The third kappa shape index (κ3) is 5.49. The fourth-order valence-electron chi connectivity index (χ4n) is 2.81. The minimum absolute atomic E-state index is 0.0803. The Bertz CT molecular complexity index is 490. The van der Waals surface area contributed by atoms with Gasteiger partial charge in [-0.3, -0.25) is 9.69 Å². The quantitative estimate of drug-likeness (QED) is 0.721. The lowest BCUT2D eigenvalue weighted by atomic mass is 10.2. The number of nitrogens with zero attached hydrogens (tertiary/aromatic N) is 2. The number of ether oxygens (including phenoxy) is 1. The van der Waals surface area contributed by atoms with Crippen LogP contribution in [0, 0.1) is 0 Å². The minimum Gasteiger partial charge on any atom is -0.496 e. The molecule has 2 rings (SSSR count). The van der Waals surface area contributed by atoms with Gasteiger partial charge in [-0.1, -0.05) is 18.2 Å². The zero-order chi connectivity index (χ0) is 16.5. The van der Waals surface area contributed by atoms with E-state index in [1.165, 1.54) is 0 Å². The molecular formula is C17H27N3O3. The Labute approximate surface area is 138 Å². The number of carbonyl (C=O) groups is 1. The number of carbonyl (C=O) groups excluding carboxylic acids is 1. The molecule has 1 aromatic carbocycles. The number of aliphatic hydroxyl groups excluding tert-OH is 1. The van der Waals surface area contributed by atoms with Gasteiger partial charge in [0, 0.05) is 57.8 Å². The van der Waals surface area contributed by atoms with E-state index in [4.69, 9.17) is 4.74 Å². The topological polar surface area (TPSA) is 65.0 Å². The molecular weight excluding hydrogens is 294 g/mol. The van der Waals surface area contributed by atoms with Crippen molar-refractivity contribution in [2.45, 2.75) is 13.0 Å². The maximum absolute atomic E-state index is 12.3. The highest BCUT2D eigenvalue weighted by Crippen LogP contribution is 2.19.